The van der Waals surface area contributed by atoms with Crippen molar-refractivity contribution in [1.82, 2.24) is 15.5 Å². The second-order valence-electron chi connectivity index (χ2n) is 8.46. The predicted octanol–water partition coefficient (Wildman–Crippen LogP) is 2.94. The van der Waals surface area contributed by atoms with Crippen molar-refractivity contribution in [3.8, 4) is 0 Å². The van der Waals surface area contributed by atoms with Crippen LogP contribution in [0.4, 0.5) is 0 Å². The number of hydrogen-bond acceptors (Lipinski definition) is 3. The van der Waals surface area contributed by atoms with Crippen molar-refractivity contribution in [2.45, 2.75) is 63.3 Å². The molecule has 0 amide bonds. The molecule has 5 heteroatoms. The summed E-state index contributed by atoms with van der Waals surface area (Å²) in [5.74, 6) is 1.75. The van der Waals surface area contributed by atoms with Gasteiger partial charge in [-0.15, -0.1) is 0 Å². The number of benzene rings is 1. The van der Waals surface area contributed by atoms with Gasteiger partial charge in [-0.05, 0) is 56.7 Å². The highest BCUT2D eigenvalue weighted by Crippen LogP contribution is 2.34. The summed E-state index contributed by atoms with van der Waals surface area (Å²) in [6.07, 6.45) is 6.91. The summed E-state index contributed by atoms with van der Waals surface area (Å²) in [5.41, 5.74) is 1.39. The van der Waals surface area contributed by atoms with E-state index in [4.69, 9.17) is 4.74 Å². The first-order valence-electron chi connectivity index (χ1n) is 10.6. The van der Waals surface area contributed by atoms with Crippen LogP contribution in [0.25, 0.3) is 0 Å². The quantitative estimate of drug-likeness (QED) is 0.618. The molecule has 2 N–H and O–H groups in total. The molecule has 3 saturated heterocycles. The van der Waals surface area contributed by atoms with Gasteiger partial charge in [-0.3, -0.25) is 9.89 Å². The summed E-state index contributed by atoms with van der Waals surface area (Å²) in [4.78, 5) is 7.11. The summed E-state index contributed by atoms with van der Waals surface area (Å²) in [5, 5.41) is 7.21. The number of likely N-dealkylation sites (tertiary alicyclic amines) is 1. The van der Waals surface area contributed by atoms with E-state index in [9.17, 15) is 0 Å². The topological polar surface area (TPSA) is 48.9 Å². The Hall–Kier alpha value is -1.59. The summed E-state index contributed by atoms with van der Waals surface area (Å²) in [6.45, 7) is 5.60. The van der Waals surface area contributed by atoms with Gasteiger partial charge in [0, 0.05) is 13.6 Å². The molecule has 3 heterocycles. The fourth-order valence-electron chi connectivity index (χ4n) is 4.83. The Morgan fingerprint density at radius 3 is 2.59 bits per heavy atom. The van der Waals surface area contributed by atoms with Crippen LogP contribution < -0.4 is 10.6 Å². The number of ether oxygens (including phenoxy) is 1. The van der Waals surface area contributed by atoms with Crippen molar-refractivity contribution < 1.29 is 4.74 Å². The molecule has 0 aliphatic carbocycles. The Morgan fingerprint density at radius 1 is 1.19 bits per heavy atom. The number of fused-ring (bicyclic) bond motifs is 2. The lowest BCUT2D eigenvalue weighted by molar-refractivity contribution is 0.0991. The van der Waals surface area contributed by atoms with Crippen LogP contribution in [0.15, 0.2) is 35.3 Å². The van der Waals surface area contributed by atoms with Crippen LogP contribution in [-0.2, 0) is 4.74 Å². The highest BCUT2D eigenvalue weighted by atomic mass is 16.5. The van der Waals surface area contributed by atoms with Crippen LogP contribution in [-0.4, -0.2) is 55.8 Å². The van der Waals surface area contributed by atoms with Gasteiger partial charge in [0.1, 0.15) is 0 Å². The molecule has 4 atom stereocenters. The zero-order valence-electron chi connectivity index (χ0n) is 16.7. The Kier molecular flexibility index (Phi) is 5.98. The van der Waals surface area contributed by atoms with Gasteiger partial charge >= 0.3 is 0 Å². The third kappa shape index (κ3) is 4.46. The number of rotatable bonds is 5. The van der Waals surface area contributed by atoms with Gasteiger partial charge in [-0.2, -0.15) is 0 Å². The van der Waals surface area contributed by atoms with E-state index in [2.05, 4.69) is 57.8 Å². The van der Waals surface area contributed by atoms with E-state index in [0.717, 1.165) is 24.8 Å². The molecule has 0 saturated carbocycles. The lowest BCUT2D eigenvalue weighted by Crippen LogP contribution is -2.50. The van der Waals surface area contributed by atoms with Crippen LogP contribution in [0.2, 0.25) is 0 Å². The summed E-state index contributed by atoms with van der Waals surface area (Å²) >= 11 is 0. The fourth-order valence-corrected chi connectivity index (χ4v) is 4.83. The van der Waals surface area contributed by atoms with E-state index >= 15 is 0 Å². The molecule has 27 heavy (non-hydrogen) atoms. The Bertz CT molecular complexity index is 626. The Labute approximate surface area is 163 Å². The van der Waals surface area contributed by atoms with E-state index in [1.807, 2.05) is 7.05 Å². The first kappa shape index (κ1) is 18.8. The van der Waals surface area contributed by atoms with Crippen LogP contribution in [0, 0.1) is 5.92 Å². The van der Waals surface area contributed by atoms with E-state index in [-0.39, 0.29) is 0 Å². The van der Waals surface area contributed by atoms with Crippen LogP contribution in [0.3, 0.4) is 0 Å². The molecule has 1 aromatic rings. The van der Waals surface area contributed by atoms with Gasteiger partial charge in [0.05, 0.1) is 24.3 Å². The highest BCUT2D eigenvalue weighted by molar-refractivity contribution is 5.80. The number of guanidine groups is 1. The minimum absolute atomic E-state index is 0.363. The number of piperidine rings is 1. The van der Waals surface area contributed by atoms with E-state index in [0.29, 0.717) is 24.3 Å². The minimum atomic E-state index is 0.363. The standard InChI is InChI=1S/C22H34N4O/c1-16-10-12-26(13-11-16)20(17-6-4-3-5-7-17)15-24-22(23-2)25-19-14-18-8-9-21(19)27-18/h3-7,16,18-21H,8-15H2,1-2H3,(H2,23,24,25). The highest BCUT2D eigenvalue weighted by Gasteiger charge is 2.41. The van der Waals surface area contributed by atoms with Gasteiger partial charge in [-0.1, -0.05) is 37.3 Å². The van der Waals surface area contributed by atoms with E-state index in [1.54, 1.807) is 0 Å². The van der Waals surface area contributed by atoms with Gasteiger partial charge < -0.3 is 15.4 Å². The van der Waals surface area contributed by atoms with Crippen LogP contribution >= 0.6 is 0 Å². The molecule has 3 aliphatic heterocycles. The number of aliphatic imine (C=N–C) groups is 1. The Morgan fingerprint density at radius 2 is 1.96 bits per heavy atom. The van der Waals surface area contributed by atoms with Crippen molar-refractivity contribution in [3.05, 3.63) is 35.9 Å². The lowest BCUT2D eigenvalue weighted by atomic mass is 9.95. The van der Waals surface area contributed by atoms with Gasteiger partial charge in [0.15, 0.2) is 5.96 Å². The third-order valence-corrected chi connectivity index (χ3v) is 6.56. The summed E-state index contributed by atoms with van der Waals surface area (Å²) in [6, 6.07) is 11.7. The van der Waals surface area contributed by atoms with Crippen LogP contribution in [0.5, 0.6) is 0 Å². The van der Waals surface area contributed by atoms with Crippen LogP contribution in [0.1, 0.15) is 50.6 Å². The molecule has 0 radical (unpaired) electrons. The first-order chi connectivity index (χ1) is 13.2. The van der Waals surface area contributed by atoms with Gasteiger partial charge in [-0.25, -0.2) is 0 Å². The van der Waals surface area contributed by atoms with E-state index in [1.165, 1.54) is 44.3 Å². The summed E-state index contributed by atoms with van der Waals surface area (Å²) < 4.78 is 5.98. The molecule has 2 bridgehead atoms. The van der Waals surface area contributed by atoms with Crippen molar-refractivity contribution in [2.75, 3.05) is 26.7 Å². The van der Waals surface area contributed by atoms with Gasteiger partial charge in [0.2, 0.25) is 0 Å². The molecule has 3 fully saturated rings. The SMILES string of the molecule is CN=C(NCC(c1ccccc1)N1CCC(C)CC1)NC1CC2CCC1O2. The summed E-state index contributed by atoms with van der Waals surface area (Å²) in [7, 11) is 1.86. The zero-order chi connectivity index (χ0) is 18.6. The third-order valence-electron chi connectivity index (χ3n) is 6.56. The smallest absolute Gasteiger partial charge is 0.191 e. The monoisotopic (exact) mass is 370 g/mol. The average molecular weight is 371 g/mol. The molecule has 1 aromatic carbocycles. The van der Waals surface area contributed by atoms with Crippen molar-refractivity contribution in [3.63, 3.8) is 0 Å². The van der Waals surface area contributed by atoms with Crippen molar-refractivity contribution >= 4 is 5.96 Å². The number of hydrogen-bond donors (Lipinski definition) is 2. The van der Waals surface area contributed by atoms with Gasteiger partial charge in [0.25, 0.3) is 0 Å². The predicted molar refractivity (Wildman–Crippen MR) is 110 cm³/mol. The number of nitrogens with one attached hydrogen (secondary N) is 2. The molecular formula is C22H34N4O. The molecule has 148 valence electrons. The molecule has 0 aromatic heterocycles. The molecule has 5 nitrogen and oxygen atoms in total. The maximum absolute atomic E-state index is 5.98. The minimum Gasteiger partial charge on any atom is -0.373 e. The first-order valence-corrected chi connectivity index (χ1v) is 10.6. The maximum atomic E-state index is 5.98. The molecule has 4 unspecified atom stereocenters. The largest absolute Gasteiger partial charge is 0.373 e. The lowest BCUT2D eigenvalue weighted by Gasteiger charge is -2.37. The van der Waals surface area contributed by atoms with Crippen molar-refractivity contribution in [2.24, 2.45) is 10.9 Å². The molecule has 4 rings (SSSR count). The second kappa shape index (κ2) is 8.61. The molecule has 0 spiro atoms. The Balaban J connectivity index is 1.38. The fraction of sp³-hybridized carbons (Fsp3) is 0.682. The maximum Gasteiger partial charge on any atom is 0.191 e. The average Bonchev–Trinajstić information content (AvgIpc) is 3.32. The van der Waals surface area contributed by atoms with E-state index < -0.39 is 0 Å². The van der Waals surface area contributed by atoms with Crippen molar-refractivity contribution in [1.29, 1.82) is 0 Å². The zero-order valence-corrected chi connectivity index (χ0v) is 16.7. The molecular weight excluding hydrogens is 336 g/mol. The number of nitrogens with zero attached hydrogens (tertiary/aromatic N) is 2. The normalized spacial score (nSPS) is 30.4. The molecule has 3 aliphatic rings. The second-order valence-corrected chi connectivity index (χ2v) is 8.46.